The maximum absolute atomic E-state index is 13.5. The lowest BCUT2D eigenvalue weighted by molar-refractivity contribution is 0.0368. The van der Waals surface area contributed by atoms with Crippen LogP contribution in [0.5, 0.6) is 0 Å². The largest absolute Gasteiger partial charge is 0.459 e. The number of fused-ring (bicyclic) bond motifs is 1. The number of esters is 1. The molecule has 1 saturated heterocycles. The number of aryl methyl sites for hydroxylation is 2. The van der Waals surface area contributed by atoms with Gasteiger partial charge in [0.1, 0.15) is 17.1 Å². The van der Waals surface area contributed by atoms with Crippen LogP contribution in [0.15, 0.2) is 47.4 Å². The number of ether oxygens (including phenoxy) is 1. The molecule has 4 rings (SSSR count). The molecular formula is C26H30N4O5S. The smallest absolute Gasteiger partial charge is 0.342 e. The van der Waals surface area contributed by atoms with Gasteiger partial charge in [-0.3, -0.25) is 4.79 Å². The van der Waals surface area contributed by atoms with E-state index in [2.05, 4.69) is 9.97 Å². The van der Waals surface area contributed by atoms with Crippen LogP contribution < -0.4 is 0 Å². The first kappa shape index (κ1) is 25.7. The Hall–Kier alpha value is -3.37. The predicted octanol–water partition coefficient (Wildman–Crippen LogP) is 3.35. The molecule has 1 aliphatic heterocycles. The summed E-state index contributed by atoms with van der Waals surface area (Å²) in [6.45, 7) is 8.95. The molecule has 2 heterocycles. The summed E-state index contributed by atoms with van der Waals surface area (Å²) in [6.07, 6.45) is -0.370. The minimum absolute atomic E-state index is 0.0244. The number of amides is 1. The minimum Gasteiger partial charge on any atom is -0.459 e. The number of piperazine rings is 1. The fourth-order valence-corrected chi connectivity index (χ4v) is 6.13. The van der Waals surface area contributed by atoms with Gasteiger partial charge in [0.25, 0.3) is 5.91 Å². The highest BCUT2D eigenvalue weighted by Gasteiger charge is 2.37. The third-order valence-corrected chi connectivity index (χ3v) is 8.14. The summed E-state index contributed by atoms with van der Waals surface area (Å²) in [6, 6.07) is 12.2. The highest BCUT2D eigenvalue weighted by molar-refractivity contribution is 7.89. The third kappa shape index (κ3) is 4.96. The maximum atomic E-state index is 13.5. The number of carbonyl (C=O) groups is 2. The van der Waals surface area contributed by atoms with Crippen molar-refractivity contribution in [3.8, 4) is 0 Å². The van der Waals surface area contributed by atoms with Crippen molar-refractivity contribution in [2.75, 3.05) is 19.6 Å². The van der Waals surface area contributed by atoms with E-state index in [1.54, 1.807) is 52.8 Å². The van der Waals surface area contributed by atoms with Gasteiger partial charge in [-0.25, -0.2) is 23.2 Å². The first-order valence-electron chi connectivity index (χ1n) is 11.8. The summed E-state index contributed by atoms with van der Waals surface area (Å²) in [7, 11) is -3.77. The van der Waals surface area contributed by atoms with Gasteiger partial charge in [0.15, 0.2) is 0 Å². The monoisotopic (exact) mass is 510 g/mol. The van der Waals surface area contributed by atoms with Gasteiger partial charge in [0.2, 0.25) is 10.0 Å². The molecule has 0 aliphatic carbocycles. The van der Waals surface area contributed by atoms with E-state index in [1.165, 1.54) is 9.21 Å². The second kappa shape index (κ2) is 9.94. The van der Waals surface area contributed by atoms with Gasteiger partial charge in [-0.1, -0.05) is 30.3 Å². The molecule has 1 aliphatic rings. The van der Waals surface area contributed by atoms with Crippen LogP contribution in [0.2, 0.25) is 0 Å². The first-order chi connectivity index (χ1) is 17.0. The van der Waals surface area contributed by atoms with Gasteiger partial charge >= 0.3 is 5.97 Å². The van der Waals surface area contributed by atoms with Gasteiger partial charge in [0.05, 0.1) is 16.7 Å². The zero-order valence-electron chi connectivity index (χ0n) is 21.1. The Balaban J connectivity index is 1.58. The molecule has 0 radical (unpaired) electrons. The number of rotatable bonds is 5. The molecule has 0 saturated carbocycles. The van der Waals surface area contributed by atoms with E-state index in [9.17, 15) is 18.0 Å². The minimum atomic E-state index is -3.77. The molecule has 190 valence electrons. The molecule has 9 nitrogen and oxygen atoms in total. The van der Waals surface area contributed by atoms with Gasteiger partial charge in [-0.15, -0.1) is 0 Å². The Morgan fingerprint density at radius 1 is 1.03 bits per heavy atom. The molecule has 0 spiro atoms. The van der Waals surface area contributed by atoms with Crippen LogP contribution in [0.3, 0.4) is 0 Å². The first-order valence-corrected chi connectivity index (χ1v) is 13.3. The summed E-state index contributed by atoms with van der Waals surface area (Å²) in [4.78, 5) is 36.5. The Morgan fingerprint density at radius 3 is 2.39 bits per heavy atom. The lowest BCUT2D eigenvalue weighted by Gasteiger charge is -2.39. The molecule has 10 heteroatoms. The molecule has 1 amide bonds. The van der Waals surface area contributed by atoms with Gasteiger partial charge in [0, 0.05) is 25.7 Å². The van der Waals surface area contributed by atoms with Crippen LogP contribution in [0.1, 0.15) is 53.1 Å². The van der Waals surface area contributed by atoms with E-state index < -0.39 is 27.9 Å². The summed E-state index contributed by atoms with van der Waals surface area (Å²) >= 11 is 0. The quantitative estimate of drug-likeness (QED) is 0.484. The molecule has 1 fully saturated rings. The van der Waals surface area contributed by atoms with E-state index in [1.807, 2.05) is 24.3 Å². The molecule has 1 unspecified atom stereocenters. The summed E-state index contributed by atoms with van der Waals surface area (Å²) in [5.41, 5.74) is 0.379. The van der Waals surface area contributed by atoms with Crippen LogP contribution in [0.25, 0.3) is 10.8 Å². The van der Waals surface area contributed by atoms with E-state index in [0.717, 1.165) is 10.8 Å². The molecule has 0 bridgehead atoms. The van der Waals surface area contributed by atoms with Gasteiger partial charge in [-0.05, 0) is 57.5 Å². The lowest BCUT2D eigenvalue weighted by atomic mass is 10.1. The van der Waals surface area contributed by atoms with E-state index >= 15 is 0 Å². The van der Waals surface area contributed by atoms with Gasteiger partial charge in [-0.2, -0.15) is 4.31 Å². The van der Waals surface area contributed by atoms with Crippen molar-refractivity contribution in [3.63, 3.8) is 0 Å². The molecule has 1 atom stereocenters. The number of benzene rings is 2. The van der Waals surface area contributed by atoms with Crippen molar-refractivity contribution in [1.29, 1.82) is 0 Å². The topological polar surface area (TPSA) is 110 Å². The van der Waals surface area contributed by atoms with Gasteiger partial charge < -0.3 is 9.64 Å². The highest BCUT2D eigenvalue weighted by atomic mass is 32.2. The predicted molar refractivity (Wildman–Crippen MR) is 135 cm³/mol. The Labute approximate surface area is 211 Å². The fraction of sp³-hybridized carbons (Fsp3) is 0.385. The third-order valence-electron chi connectivity index (χ3n) is 6.13. The number of hydrogen-bond acceptors (Lipinski definition) is 7. The summed E-state index contributed by atoms with van der Waals surface area (Å²) < 4.78 is 33.7. The SMILES string of the molecule is Cc1nc(C)c(C(=O)OC(C)C)c(C(=O)N2CCN(S(=O)(=O)c3ccc4ccccc4c3)C(C)C2)n1. The molecule has 2 aromatic carbocycles. The van der Waals surface area contributed by atoms with Crippen LogP contribution in [0.4, 0.5) is 0 Å². The average Bonchev–Trinajstić information content (AvgIpc) is 2.81. The fourth-order valence-electron chi connectivity index (χ4n) is 4.48. The molecule has 0 N–H and O–H groups in total. The Morgan fingerprint density at radius 2 is 1.72 bits per heavy atom. The van der Waals surface area contributed by atoms with E-state index in [-0.39, 0.29) is 41.9 Å². The van der Waals surface area contributed by atoms with Crippen molar-refractivity contribution in [3.05, 3.63) is 65.2 Å². The van der Waals surface area contributed by atoms with Crippen LogP contribution in [-0.2, 0) is 14.8 Å². The lowest BCUT2D eigenvalue weighted by Crippen LogP contribution is -2.55. The summed E-state index contributed by atoms with van der Waals surface area (Å²) in [5.74, 6) is -0.743. The Kier molecular flexibility index (Phi) is 7.10. The molecule has 1 aromatic heterocycles. The molecular weight excluding hydrogens is 480 g/mol. The van der Waals surface area contributed by atoms with E-state index in [0.29, 0.717) is 11.5 Å². The van der Waals surface area contributed by atoms with Crippen molar-refractivity contribution in [2.45, 2.75) is 51.7 Å². The summed E-state index contributed by atoms with van der Waals surface area (Å²) in [5, 5.41) is 1.80. The van der Waals surface area contributed by atoms with Crippen molar-refractivity contribution >= 4 is 32.7 Å². The van der Waals surface area contributed by atoms with Crippen LogP contribution >= 0.6 is 0 Å². The van der Waals surface area contributed by atoms with Crippen molar-refractivity contribution in [2.24, 2.45) is 0 Å². The molecule has 36 heavy (non-hydrogen) atoms. The van der Waals surface area contributed by atoms with Crippen LogP contribution in [-0.4, -0.2) is 71.2 Å². The van der Waals surface area contributed by atoms with Crippen LogP contribution in [0, 0.1) is 13.8 Å². The number of carbonyl (C=O) groups excluding carboxylic acids is 2. The van der Waals surface area contributed by atoms with E-state index in [4.69, 9.17) is 4.74 Å². The second-order valence-electron chi connectivity index (χ2n) is 9.26. The molecule has 3 aromatic rings. The van der Waals surface area contributed by atoms with Crippen molar-refractivity contribution in [1.82, 2.24) is 19.2 Å². The highest BCUT2D eigenvalue weighted by Crippen LogP contribution is 2.26. The number of aromatic nitrogens is 2. The second-order valence-corrected chi connectivity index (χ2v) is 11.1. The maximum Gasteiger partial charge on any atom is 0.342 e. The average molecular weight is 511 g/mol. The number of nitrogens with zero attached hydrogens (tertiary/aromatic N) is 4. The zero-order valence-corrected chi connectivity index (χ0v) is 21.9. The number of sulfonamides is 1. The normalized spacial score (nSPS) is 16.9. The van der Waals surface area contributed by atoms with Crippen molar-refractivity contribution < 1.29 is 22.7 Å². The standard InChI is InChI=1S/C26H30N4O5S/c1-16(2)35-26(32)23-18(4)27-19(5)28-24(23)25(31)29-12-13-30(17(3)15-29)36(33,34)22-11-10-20-8-6-7-9-21(20)14-22/h6-11,14,16-17H,12-13,15H2,1-5H3. The number of hydrogen-bond donors (Lipinski definition) is 0. The zero-order chi connectivity index (χ0) is 26.2. The Bertz CT molecular complexity index is 1440.